The third-order valence-corrected chi connectivity index (χ3v) is 6.25. The monoisotopic (exact) mass is 368 g/mol. The molecule has 2 aliphatic rings. The predicted octanol–water partition coefficient (Wildman–Crippen LogP) is 5.53. The Labute approximate surface area is 160 Å². The van der Waals surface area contributed by atoms with Gasteiger partial charge in [0.15, 0.2) is 0 Å². The van der Waals surface area contributed by atoms with Crippen LogP contribution in [0.4, 0.5) is 0 Å². The zero-order valence-electron chi connectivity index (χ0n) is 17.6. The van der Waals surface area contributed by atoms with E-state index in [4.69, 9.17) is 9.47 Å². The molecule has 0 unspecified atom stereocenters. The summed E-state index contributed by atoms with van der Waals surface area (Å²) in [6, 6.07) is 0. The van der Waals surface area contributed by atoms with Gasteiger partial charge in [0.25, 0.3) is 0 Å². The summed E-state index contributed by atoms with van der Waals surface area (Å²) in [5, 5.41) is 0. The van der Waals surface area contributed by atoms with Crippen LogP contribution in [-0.2, 0) is 19.1 Å². The molecule has 0 aromatic carbocycles. The van der Waals surface area contributed by atoms with Crippen molar-refractivity contribution in [2.24, 2.45) is 23.2 Å². The fourth-order valence-electron chi connectivity index (χ4n) is 4.06. The maximum Gasteiger partial charge on any atom is 0.312 e. The Balaban J connectivity index is 0.000000263. The second kappa shape index (κ2) is 11.6. The molecule has 0 saturated heterocycles. The third kappa shape index (κ3) is 6.92. The number of hydrogen-bond acceptors (Lipinski definition) is 4. The van der Waals surface area contributed by atoms with Crippen molar-refractivity contribution >= 4 is 11.9 Å². The molecular weight excluding hydrogens is 328 g/mol. The average molecular weight is 369 g/mol. The molecule has 0 aromatic heterocycles. The standard InChI is InChI=1S/C12H22O2.C10H18O2/c1-4-12(11(13)14-5-2)8-6-10(3)7-9-12;1-3-12-10(11)9-6-4-8(2)5-7-9/h10H,4-9H2,1-3H3;8-9H,3-7H2,1-2H3. The lowest BCUT2D eigenvalue weighted by Crippen LogP contribution is -2.36. The van der Waals surface area contributed by atoms with Crippen molar-refractivity contribution < 1.29 is 19.1 Å². The molecule has 2 saturated carbocycles. The van der Waals surface area contributed by atoms with E-state index >= 15 is 0 Å². The topological polar surface area (TPSA) is 52.6 Å². The second-order valence-electron chi connectivity index (χ2n) is 8.25. The normalized spacial score (nSPS) is 31.3. The zero-order chi connectivity index (χ0) is 19.6. The Hall–Kier alpha value is -1.06. The summed E-state index contributed by atoms with van der Waals surface area (Å²) in [5.41, 5.74) is -0.150. The highest BCUT2D eigenvalue weighted by Gasteiger charge is 2.40. The average Bonchev–Trinajstić information content (AvgIpc) is 2.64. The molecule has 0 heterocycles. The van der Waals surface area contributed by atoms with Crippen LogP contribution in [0.15, 0.2) is 0 Å². The van der Waals surface area contributed by atoms with Gasteiger partial charge in [0.05, 0.1) is 24.5 Å². The summed E-state index contributed by atoms with van der Waals surface area (Å²) >= 11 is 0. The number of esters is 2. The van der Waals surface area contributed by atoms with Crippen LogP contribution in [0.3, 0.4) is 0 Å². The van der Waals surface area contributed by atoms with E-state index in [1.54, 1.807) is 0 Å². The van der Waals surface area contributed by atoms with Gasteiger partial charge < -0.3 is 9.47 Å². The molecule has 0 spiro atoms. The molecule has 2 fully saturated rings. The Kier molecular flexibility index (Phi) is 10.3. The Morgan fingerprint density at radius 3 is 1.77 bits per heavy atom. The molecule has 26 heavy (non-hydrogen) atoms. The molecule has 0 N–H and O–H groups in total. The van der Waals surface area contributed by atoms with Crippen molar-refractivity contribution in [1.82, 2.24) is 0 Å². The van der Waals surface area contributed by atoms with Crippen molar-refractivity contribution in [3.8, 4) is 0 Å². The van der Waals surface area contributed by atoms with E-state index in [0.29, 0.717) is 13.2 Å². The van der Waals surface area contributed by atoms with E-state index in [-0.39, 0.29) is 23.3 Å². The molecular formula is C22H40O4. The summed E-state index contributed by atoms with van der Waals surface area (Å²) in [4.78, 5) is 23.1. The lowest BCUT2D eigenvalue weighted by atomic mass is 9.69. The first-order chi connectivity index (χ1) is 12.4. The maximum absolute atomic E-state index is 11.8. The summed E-state index contributed by atoms with van der Waals surface area (Å²) in [6.07, 6.45) is 9.73. The minimum Gasteiger partial charge on any atom is -0.466 e. The van der Waals surface area contributed by atoms with E-state index in [1.165, 1.54) is 25.7 Å². The Bertz CT molecular complexity index is 416. The van der Waals surface area contributed by atoms with Gasteiger partial charge in [-0.2, -0.15) is 0 Å². The Morgan fingerprint density at radius 1 is 0.808 bits per heavy atom. The first-order valence-corrected chi connectivity index (χ1v) is 10.7. The summed E-state index contributed by atoms with van der Waals surface area (Å²) in [6.45, 7) is 11.4. The number of carbonyl (C=O) groups excluding carboxylic acids is 2. The van der Waals surface area contributed by atoms with Gasteiger partial charge in [-0.25, -0.2) is 0 Å². The quantitative estimate of drug-likeness (QED) is 0.599. The smallest absolute Gasteiger partial charge is 0.312 e. The van der Waals surface area contributed by atoms with E-state index in [9.17, 15) is 9.59 Å². The van der Waals surface area contributed by atoms with E-state index < -0.39 is 0 Å². The molecule has 152 valence electrons. The number of carbonyl (C=O) groups is 2. The van der Waals surface area contributed by atoms with Gasteiger partial charge in [0, 0.05) is 0 Å². The molecule has 2 rings (SSSR count). The molecule has 0 aromatic rings. The van der Waals surface area contributed by atoms with E-state index in [2.05, 4.69) is 20.8 Å². The highest BCUT2D eigenvalue weighted by Crippen LogP contribution is 2.42. The number of ether oxygens (including phenoxy) is 2. The van der Waals surface area contributed by atoms with Crippen LogP contribution in [0.25, 0.3) is 0 Å². The van der Waals surface area contributed by atoms with Crippen LogP contribution >= 0.6 is 0 Å². The lowest BCUT2D eigenvalue weighted by molar-refractivity contribution is -0.158. The highest BCUT2D eigenvalue weighted by atomic mass is 16.5. The summed E-state index contributed by atoms with van der Waals surface area (Å²) in [5.74, 6) is 1.83. The first-order valence-electron chi connectivity index (χ1n) is 10.7. The molecule has 2 aliphatic carbocycles. The van der Waals surface area contributed by atoms with Crippen LogP contribution in [0.2, 0.25) is 0 Å². The van der Waals surface area contributed by atoms with Gasteiger partial charge >= 0.3 is 11.9 Å². The van der Waals surface area contributed by atoms with Crippen molar-refractivity contribution in [2.45, 2.75) is 92.4 Å². The maximum atomic E-state index is 11.8. The van der Waals surface area contributed by atoms with Crippen molar-refractivity contribution in [1.29, 1.82) is 0 Å². The minimum atomic E-state index is -0.150. The van der Waals surface area contributed by atoms with Crippen molar-refractivity contribution in [3.05, 3.63) is 0 Å². The Morgan fingerprint density at radius 2 is 1.31 bits per heavy atom. The summed E-state index contributed by atoms with van der Waals surface area (Å²) < 4.78 is 10.1. The van der Waals surface area contributed by atoms with Gasteiger partial charge in [0.2, 0.25) is 0 Å². The van der Waals surface area contributed by atoms with Crippen molar-refractivity contribution in [3.63, 3.8) is 0 Å². The van der Waals surface area contributed by atoms with Crippen LogP contribution in [0.5, 0.6) is 0 Å². The van der Waals surface area contributed by atoms with Gasteiger partial charge in [0.1, 0.15) is 0 Å². The van der Waals surface area contributed by atoms with E-state index in [0.717, 1.165) is 43.9 Å². The van der Waals surface area contributed by atoms with Gasteiger partial charge in [-0.15, -0.1) is 0 Å². The predicted molar refractivity (Wildman–Crippen MR) is 105 cm³/mol. The fourth-order valence-corrected chi connectivity index (χ4v) is 4.06. The number of rotatable bonds is 5. The van der Waals surface area contributed by atoms with Crippen LogP contribution in [-0.4, -0.2) is 25.2 Å². The molecule has 4 nitrogen and oxygen atoms in total. The molecule has 4 heteroatoms. The molecule has 0 aliphatic heterocycles. The van der Waals surface area contributed by atoms with Crippen LogP contribution < -0.4 is 0 Å². The summed E-state index contributed by atoms with van der Waals surface area (Å²) in [7, 11) is 0. The highest BCUT2D eigenvalue weighted by molar-refractivity contribution is 5.76. The zero-order valence-corrected chi connectivity index (χ0v) is 17.6. The lowest BCUT2D eigenvalue weighted by Gasteiger charge is -2.36. The van der Waals surface area contributed by atoms with Crippen molar-refractivity contribution in [2.75, 3.05) is 13.2 Å². The SMILES string of the molecule is CCOC(=O)C1(CC)CCC(C)CC1.CCOC(=O)C1CCC(C)CC1. The molecule has 0 amide bonds. The second-order valence-corrected chi connectivity index (χ2v) is 8.25. The largest absolute Gasteiger partial charge is 0.466 e. The minimum absolute atomic E-state index is 0.0180. The molecule has 0 atom stereocenters. The van der Waals surface area contributed by atoms with Gasteiger partial charge in [-0.05, 0) is 83.5 Å². The number of hydrogen-bond donors (Lipinski definition) is 0. The van der Waals surface area contributed by atoms with E-state index in [1.807, 2.05) is 13.8 Å². The molecule has 0 radical (unpaired) electrons. The fraction of sp³-hybridized carbons (Fsp3) is 0.909. The van der Waals surface area contributed by atoms with Gasteiger partial charge in [-0.1, -0.05) is 20.8 Å². The third-order valence-electron chi connectivity index (χ3n) is 6.25. The molecule has 0 bridgehead atoms. The van der Waals surface area contributed by atoms with Gasteiger partial charge in [-0.3, -0.25) is 9.59 Å². The van der Waals surface area contributed by atoms with Crippen LogP contribution in [0, 0.1) is 23.2 Å². The first kappa shape index (κ1) is 23.0. The van der Waals surface area contributed by atoms with Crippen LogP contribution in [0.1, 0.15) is 92.4 Å².